The highest BCUT2D eigenvalue weighted by atomic mass is 16.5. The molecule has 21 heavy (non-hydrogen) atoms. The molecule has 120 valence electrons. The van der Waals surface area contributed by atoms with E-state index in [0.717, 1.165) is 17.0 Å². The first-order valence-corrected chi connectivity index (χ1v) is 7.29. The van der Waals surface area contributed by atoms with Crippen molar-refractivity contribution < 1.29 is 19.3 Å². The van der Waals surface area contributed by atoms with E-state index in [1.165, 1.54) is 0 Å². The van der Waals surface area contributed by atoms with Crippen molar-refractivity contribution in [3.05, 3.63) is 23.8 Å². The van der Waals surface area contributed by atoms with Gasteiger partial charge in [-0.05, 0) is 38.5 Å². The number of anilines is 1. The first kappa shape index (κ1) is 17.8. The van der Waals surface area contributed by atoms with Crippen molar-refractivity contribution in [1.82, 2.24) is 0 Å². The van der Waals surface area contributed by atoms with Crippen molar-refractivity contribution in [1.29, 1.82) is 0 Å². The summed E-state index contributed by atoms with van der Waals surface area (Å²) >= 11 is 0. The van der Waals surface area contributed by atoms with Gasteiger partial charge in [0.25, 0.3) is 0 Å². The van der Waals surface area contributed by atoms with Gasteiger partial charge in [0, 0.05) is 6.54 Å². The first-order chi connectivity index (χ1) is 10.0. The zero-order valence-electron chi connectivity index (χ0n) is 13.4. The van der Waals surface area contributed by atoms with Crippen LogP contribution in [0.1, 0.15) is 19.4 Å². The number of aryl methyl sites for hydroxylation is 1. The largest absolute Gasteiger partial charge is 0.495 e. The van der Waals surface area contributed by atoms with Crippen LogP contribution < -0.4 is 10.1 Å². The summed E-state index contributed by atoms with van der Waals surface area (Å²) < 4.78 is 16.0. The molecule has 0 fully saturated rings. The molecule has 0 spiro atoms. The molecule has 0 aliphatic rings. The monoisotopic (exact) mass is 297 g/mol. The van der Waals surface area contributed by atoms with Crippen LogP contribution in [-0.4, -0.2) is 50.8 Å². The molecule has 0 aromatic heterocycles. The number of rotatable bonds is 10. The van der Waals surface area contributed by atoms with Crippen molar-refractivity contribution >= 4 is 5.69 Å². The molecule has 1 aromatic carbocycles. The van der Waals surface area contributed by atoms with Crippen LogP contribution in [0.25, 0.3) is 0 Å². The number of hydrogen-bond donors (Lipinski definition) is 2. The van der Waals surface area contributed by atoms with Gasteiger partial charge in [-0.15, -0.1) is 0 Å². The van der Waals surface area contributed by atoms with Crippen LogP contribution in [0.15, 0.2) is 18.2 Å². The van der Waals surface area contributed by atoms with E-state index in [4.69, 9.17) is 14.2 Å². The molecule has 1 rings (SSSR count). The summed E-state index contributed by atoms with van der Waals surface area (Å²) in [6, 6.07) is 5.88. The minimum Gasteiger partial charge on any atom is -0.495 e. The number of methoxy groups -OCH3 is 1. The highest BCUT2D eigenvalue weighted by Gasteiger charge is 2.07. The van der Waals surface area contributed by atoms with Crippen molar-refractivity contribution in [2.45, 2.75) is 33.0 Å². The minimum absolute atomic E-state index is 0.203. The number of benzene rings is 1. The van der Waals surface area contributed by atoms with Crippen molar-refractivity contribution in [3.8, 4) is 5.75 Å². The first-order valence-electron chi connectivity index (χ1n) is 7.29. The Morgan fingerprint density at radius 2 is 2.00 bits per heavy atom. The topological polar surface area (TPSA) is 60.0 Å². The Hall–Kier alpha value is -1.30. The Bertz CT molecular complexity index is 409. The van der Waals surface area contributed by atoms with Crippen LogP contribution in [0.3, 0.4) is 0 Å². The summed E-state index contributed by atoms with van der Waals surface area (Å²) in [5.74, 6) is 0.763. The number of aliphatic hydroxyl groups is 1. The van der Waals surface area contributed by atoms with Gasteiger partial charge in [-0.1, -0.05) is 6.07 Å². The van der Waals surface area contributed by atoms with E-state index in [1.54, 1.807) is 7.11 Å². The zero-order valence-corrected chi connectivity index (χ0v) is 13.4. The average molecular weight is 297 g/mol. The second-order valence-corrected chi connectivity index (χ2v) is 5.23. The Labute approximate surface area is 127 Å². The molecule has 0 aliphatic heterocycles. The summed E-state index contributed by atoms with van der Waals surface area (Å²) in [6.07, 6.45) is -0.372. The summed E-state index contributed by atoms with van der Waals surface area (Å²) in [7, 11) is 1.63. The van der Waals surface area contributed by atoms with Crippen LogP contribution in [0.4, 0.5) is 5.69 Å². The Morgan fingerprint density at radius 1 is 1.24 bits per heavy atom. The molecule has 1 atom stereocenters. The fourth-order valence-electron chi connectivity index (χ4n) is 1.81. The van der Waals surface area contributed by atoms with Gasteiger partial charge in [0.1, 0.15) is 5.75 Å². The normalized spacial score (nSPS) is 12.5. The lowest BCUT2D eigenvalue weighted by Crippen LogP contribution is -2.26. The fraction of sp³-hybridized carbons (Fsp3) is 0.625. The predicted octanol–water partition coefficient (Wildman–Crippen LogP) is 2.22. The molecule has 0 heterocycles. The zero-order chi connectivity index (χ0) is 15.7. The van der Waals surface area contributed by atoms with E-state index < -0.39 is 6.10 Å². The smallest absolute Gasteiger partial charge is 0.141 e. The third kappa shape index (κ3) is 7.32. The third-order valence-corrected chi connectivity index (χ3v) is 2.87. The van der Waals surface area contributed by atoms with Gasteiger partial charge in [-0.25, -0.2) is 0 Å². The summed E-state index contributed by atoms with van der Waals surface area (Å²) in [4.78, 5) is 0. The Balaban J connectivity index is 2.26. The second kappa shape index (κ2) is 9.60. The van der Waals surface area contributed by atoms with E-state index >= 15 is 0 Å². The van der Waals surface area contributed by atoms with Gasteiger partial charge >= 0.3 is 0 Å². The van der Waals surface area contributed by atoms with Crippen LogP contribution in [-0.2, 0) is 9.47 Å². The van der Waals surface area contributed by atoms with Crippen LogP contribution >= 0.6 is 0 Å². The maximum absolute atomic E-state index is 9.88. The maximum Gasteiger partial charge on any atom is 0.141 e. The molecule has 0 bridgehead atoms. The van der Waals surface area contributed by atoms with Crippen molar-refractivity contribution in [2.75, 3.05) is 38.8 Å². The van der Waals surface area contributed by atoms with Crippen LogP contribution in [0.2, 0.25) is 0 Å². The summed E-state index contributed by atoms with van der Waals surface area (Å²) in [5, 5.41) is 13.1. The van der Waals surface area contributed by atoms with Gasteiger partial charge in [0.2, 0.25) is 0 Å². The van der Waals surface area contributed by atoms with Crippen molar-refractivity contribution in [3.63, 3.8) is 0 Å². The molecule has 1 aromatic rings. The minimum atomic E-state index is -0.575. The van der Waals surface area contributed by atoms with Crippen LogP contribution in [0.5, 0.6) is 5.75 Å². The lowest BCUT2D eigenvalue weighted by atomic mass is 10.2. The van der Waals surface area contributed by atoms with E-state index in [2.05, 4.69) is 5.32 Å². The maximum atomic E-state index is 9.88. The lowest BCUT2D eigenvalue weighted by molar-refractivity contribution is -0.00734. The number of ether oxygens (including phenoxy) is 3. The highest BCUT2D eigenvalue weighted by molar-refractivity contribution is 5.58. The van der Waals surface area contributed by atoms with E-state index in [0.29, 0.717) is 19.8 Å². The number of nitrogens with one attached hydrogen (secondary N) is 1. The van der Waals surface area contributed by atoms with Crippen LogP contribution in [0, 0.1) is 6.92 Å². The quantitative estimate of drug-likeness (QED) is 0.649. The Morgan fingerprint density at radius 3 is 2.67 bits per heavy atom. The molecule has 0 radical (unpaired) electrons. The molecule has 0 saturated heterocycles. The summed E-state index contributed by atoms with van der Waals surface area (Å²) in [5.41, 5.74) is 2.01. The average Bonchev–Trinajstić information content (AvgIpc) is 2.44. The molecular weight excluding hydrogens is 270 g/mol. The Kier molecular flexibility index (Phi) is 8.12. The molecule has 0 amide bonds. The molecule has 5 nitrogen and oxygen atoms in total. The van der Waals surface area contributed by atoms with E-state index in [9.17, 15) is 5.11 Å². The molecule has 1 unspecified atom stereocenters. The highest BCUT2D eigenvalue weighted by Crippen LogP contribution is 2.24. The number of hydrogen-bond acceptors (Lipinski definition) is 5. The SMILES string of the molecule is COc1ccc(C)cc1NCC(O)COCCOC(C)C. The van der Waals surface area contributed by atoms with E-state index in [1.807, 2.05) is 39.0 Å². The van der Waals surface area contributed by atoms with Crippen molar-refractivity contribution in [2.24, 2.45) is 0 Å². The predicted molar refractivity (Wildman–Crippen MR) is 84.1 cm³/mol. The van der Waals surface area contributed by atoms with Gasteiger partial charge in [0.05, 0.1) is 44.8 Å². The fourth-order valence-corrected chi connectivity index (χ4v) is 1.81. The second-order valence-electron chi connectivity index (χ2n) is 5.23. The van der Waals surface area contributed by atoms with Gasteiger partial charge in [-0.2, -0.15) is 0 Å². The lowest BCUT2D eigenvalue weighted by Gasteiger charge is -2.16. The molecule has 0 aliphatic carbocycles. The molecule has 5 heteroatoms. The van der Waals surface area contributed by atoms with Gasteiger partial charge in [-0.3, -0.25) is 0 Å². The third-order valence-electron chi connectivity index (χ3n) is 2.87. The molecule has 0 saturated carbocycles. The molecule has 2 N–H and O–H groups in total. The summed E-state index contributed by atoms with van der Waals surface area (Å²) in [6.45, 7) is 7.70. The number of aliphatic hydroxyl groups excluding tert-OH is 1. The van der Waals surface area contributed by atoms with Gasteiger partial charge in [0.15, 0.2) is 0 Å². The van der Waals surface area contributed by atoms with Gasteiger partial charge < -0.3 is 24.6 Å². The van der Waals surface area contributed by atoms with E-state index in [-0.39, 0.29) is 12.7 Å². The molecular formula is C16H27NO4. The standard InChI is InChI=1S/C16H27NO4/c1-12(2)21-8-7-20-11-14(18)10-17-15-9-13(3)5-6-16(15)19-4/h5-6,9,12,14,17-18H,7-8,10-11H2,1-4H3.